The largest absolute Gasteiger partial charge is 0.497 e. The number of carbonyl (C=O) groups is 3. The smallest absolute Gasteiger partial charge is 0.266 e. The fraction of sp³-hybridized carbons (Fsp3) is 0.250. The van der Waals surface area contributed by atoms with Crippen molar-refractivity contribution in [1.29, 1.82) is 0 Å². The molecule has 2 aliphatic carbocycles. The van der Waals surface area contributed by atoms with Crippen molar-refractivity contribution in [3.8, 4) is 33.8 Å². The second-order valence-electron chi connectivity index (χ2n) is 24.4. The normalized spacial score (nSPS) is 18.5. The van der Waals surface area contributed by atoms with Crippen molar-refractivity contribution in [2.24, 2.45) is 5.92 Å². The van der Waals surface area contributed by atoms with Crippen LogP contribution in [0.15, 0.2) is 194 Å². The molecule has 9 aromatic rings. The predicted molar refractivity (Wildman–Crippen MR) is 338 cm³/mol. The number of hydrogen-bond donors (Lipinski definition) is 1. The predicted octanol–water partition coefficient (Wildman–Crippen LogP) is 18.6. The molecule has 2 aliphatic heterocycles. The van der Waals surface area contributed by atoms with Crippen LogP contribution in [0.2, 0.25) is 0 Å². The number of rotatable bonds is 14. The number of anilines is 2. The van der Waals surface area contributed by atoms with E-state index in [1.54, 1.807) is 7.11 Å². The highest BCUT2D eigenvalue weighted by molar-refractivity contribution is 6.37. The van der Waals surface area contributed by atoms with Gasteiger partial charge in [-0.1, -0.05) is 206 Å². The summed E-state index contributed by atoms with van der Waals surface area (Å²) in [5.74, 6) is 2.10. The summed E-state index contributed by atoms with van der Waals surface area (Å²) in [6.45, 7) is 11.1. The first-order valence-electron chi connectivity index (χ1n) is 29.8. The van der Waals surface area contributed by atoms with Gasteiger partial charge in [0.05, 0.1) is 23.9 Å². The van der Waals surface area contributed by atoms with Gasteiger partial charge in [0, 0.05) is 51.1 Å². The van der Waals surface area contributed by atoms with Gasteiger partial charge in [-0.25, -0.2) is 4.90 Å². The van der Waals surface area contributed by atoms with Crippen LogP contribution < -0.4 is 19.7 Å². The molecule has 1 N–H and O–H groups in total. The molecule has 2 heterocycles. The monoisotopic (exact) mass is 1090 g/mol. The maximum absolute atomic E-state index is 15.8. The summed E-state index contributed by atoms with van der Waals surface area (Å²) >= 11 is 0. The van der Waals surface area contributed by atoms with E-state index < -0.39 is 16.4 Å². The molecule has 0 aromatic heterocycles. The molecule has 83 heavy (non-hydrogen) atoms. The molecule has 0 saturated heterocycles. The minimum absolute atomic E-state index is 0. The Hall–Kier alpha value is -8.81. The quantitative estimate of drug-likeness (QED) is 0.0866. The molecule has 7 heteroatoms. The first-order valence-corrected chi connectivity index (χ1v) is 29.8. The Kier molecular flexibility index (Phi) is 13.7. The molecule has 0 bridgehead atoms. The van der Waals surface area contributed by atoms with E-state index >= 15 is 9.59 Å². The Labute approximate surface area is 489 Å². The fourth-order valence-corrected chi connectivity index (χ4v) is 14.2. The van der Waals surface area contributed by atoms with E-state index in [0.717, 1.165) is 89.4 Å². The third-order valence-electron chi connectivity index (χ3n) is 18.9. The van der Waals surface area contributed by atoms with Gasteiger partial charge in [0.2, 0.25) is 0 Å². The number of nitrogens with zero attached hydrogens (tertiary/aromatic N) is 1. The van der Waals surface area contributed by atoms with Crippen molar-refractivity contribution in [2.75, 3.05) is 17.3 Å². The maximum Gasteiger partial charge on any atom is 0.266 e. The topological polar surface area (TPSA) is 84.9 Å². The van der Waals surface area contributed by atoms with Crippen LogP contribution in [0.1, 0.15) is 169 Å². The number of benzene rings is 9. The molecule has 1 fully saturated rings. The minimum atomic E-state index is -0.972. The molecule has 1 saturated carbocycles. The molecule has 416 valence electrons. The number of amides is 3. The van der Waals surface area contributed by atoms with Gasteiger partial charge < -0.3 is 14.8 Å². The van der Waals surface area contributed by atoms with Gasteiger partial charge in [0.25, 0.3) is 17.7 Å². The average molecular weight is 1090 g/mol. The lowest BCUT2D eigenvalue weighted by molar-refractivity contribution is 0.0924. The molecule has 7 nitrogen and oxygen atoms in total. The lowest BCUT2D eigenvalue weighted by Gasteiger charge is -2.38. The molecular formula is C76H72N2O5. The highest BCUT2D eigenvalue weighted by atomic mass is 16.5. The van der Waals surface area contributed by atoms with Gasteiger partial charge in [0.1, 0.15) is 11.5 Å². The summed E-state index contributed by atoms with van der Waals surface area (Å²) < 4.78 is 13.2. The van der Waals surface area contributed by atoms with Crippen LogP contribution in [-0.4, -0.2) is 24.8 Å². The Morgan fingerprint density at radius 2 is 1.29 bits per heavy atom. The van der Waals surface area contributed by atoms with E-state index in [1.807, 2.05) is 121 Å². The number of carbonyl (C=O) groups excluding carboxylic acids is 3. The molecule has 0 spiro atoms. The molecule has 1 atom stereocenters. The standard InChI is InChI=1S/C76H70N2O5.H2/c1-7-8-11-18-48-25-27-49(28-26-48)50-29-31-53(32-30-50)71(79)77-57-39-33-51(34-40-57)52-35-41-58(42-36-52)78-72(80)67-64(74(2,3)54-19-12-9-13-20-54)47-63-66(68(67)73(78)81)65-60-23-16-17-24-61(60)70-62(69(65)75(63,4)5)45-46-76(83-70,55-21-14-10-15-22-55)56-37-43-59(82-6)44-38-56;/h9-10,12-17,19-24,29-49H,7-8,11,18,25-28H2,1-6H3,(H,77,79);1H. The minimum Gasteiger partial charge on any atom is -0.497 e. The van der Waals surface area contributed by atoms with E-state index in [0.29, 0.717) is 34.0 Å². The number of ether oxygens (including phenoxy) is 2. The van der Waals surface area contributed by atoms with Crippen LogP contribution >= 0.6 is 0 Å². The van der Waals surface area contributed by atoms with Crippen LogP contribution in [0.5, 0.6) is 11.5 Å². The van der Waals surface area contributed by atoms with Crippen LogP contribution in [0.3, 0.4) is 0 Å². The van der Waals surface area contributed by atoms with Crippen molar-refractivity contribution in [3.05, 3.63) is 255 Å². The molecular weight excluding hydrogens is 1020 g/mol. The number of hydrogen-bond acceptors (Lipinski definition) is 5. The van der Waals surface area contributed by atoms with Crippen LogP contribution in [0.25, 0.3) is 39.1 Å². The van der Waals surface area contributed by atoms with Crippen LogP contribution in [0, 0.1) is 5.92 Å². The zero-order chi connectivity index (χ0) is 57.2. The van der Waals surface area contributed by atoms with Gasteiger partial charge in [-0.05, 0) is 142 Å². The molecule has 3 amide bonds. The number of nitrogens with one attached hydrogen (secondary N) is 1. The van der Waals surface area contributed by atoms with Crippen molar-refractivity contribution in [2.45, 2.75) is 108 Å². The fourth-order valence-electron chi connectivity index (χ4n) is 14.2. The summed E-state index contributed by atoms with van der Waals surface area (Å²) in [5.41, 5.74) is 12.1. The lowest BCUT2D eigenvalue weighted by Crippen LogP contribution is -2.35. The molecule has 4 aliphatic rings. The maximum atomic E-state index is 15.8. The van der Waals surface area contributed by atoms with E-state index in [4.69, 9.17) is 9.47 Å². The van der Waals surface area contributed by atoms with E-state index in [1.165, 1.54) is 61.8 Å². The first kappa shape index (κ1) is 53.5. The Morgan fingerprint density at radius 3 is 1.95 bits per heavy atom. The van der Waals surface area contributed by atoms with Gasteiger partial charge >= 0.3 is 0 Å². The average Bonchev–Trinajstić information content (AvgIpc) is 2.22. The Morgan fingerprint density at radius 1 is 0.675 bits per heavy atom. The van der Waals surface area contributed by atoms with Crippen molar-refractivity contribution >= 4 is 45.9 Å². The number of unbranched alkanes of at least 4 members (excludes halogenated alkanes) is 2. The molecule has 13 rings (SSSR count). The second kappa shape index (κ2) is 21.2. The lowest BCUT2D eigenvalue weighted by atomic mass is 9.71. The highest BCUT2D eigenvalue weighted by Gasteiger charge is 2.51. The van der Waals surface area contributed by atoms with E-state index in [2.05, 4.69) is 119 Å². The zero-order valence-corrected chi connectivity index (χ0v) is 48.4. The first-order chi connectivity index (χ1) is 40.3. The number of imide groups is 1. The van der Waals surface area contributed by atoms with Crippen molar-refractivity contribution in [3.63, 3.8) is 0 Å². The number of fused-ring (bicyclic) bond motifs is 10. The van der Waals surface area contributed by atoms with E-state index in [9.17, 15) is 4.79 Å². The van der Waals surface area contributed by atoms with Gasteiger partial charge in [-0.2, -0.15) is 0 Å². The molecule has 1 unspecified atom stereocenters. The van der Waals surface area contributed by atoms with Crippen LogP contribution in [-0.2, 0) is 16.4 Å². The Balaban J connectivity index is 0.00000694. The summed E-state index contributed by atoms with van der Waals surface area (Å²) in [4.78, 5) is 46.3. The third-order valence-corrected chi connectivity index (χ3v) is 18.9. The van der Waals surface area contributed by atoms with Crippen molar-refractivity contribution < 1.29 is 25.3 Å². The van der Waals surface area contributed by atoms with E-state index in [-0.39, 0.29) is 19.1 Å². The summed E-state index contributed by atoms with van der Waals surface area (Å²) in [5, 5.41) is 4.95. The zero-order valence-electron chi connectivity index (χ0n) is 48.4. The van der Waals surface area contributed by atoms with Gasteiger partial charge in [-0.15, -0.1) is 0 Å². The summed E-state index contributed by atoms with van der Waals surface area (Å²) in [7, 11) is 1.67. The second-order valence-corrected chi connectivity index (χ2v) is 24.4. The van der Waals surface area contributed by atoms with Gasteiger partial charge in [0.15, 0.2) is 5.60 Å². The summed E-state index contributed by atoms with van der Waals surface area (Å²) in [6, 6.07) is 62.9. The highest BCUT2D eigenvalue weighted by Crippen LogP contribution is 2.61. The number of methoxy groups -OCH3 is 1. The van der Waals surface area contributed by atoms with Crippen molar-refractivity contribution in [1.82, 2.24) is 0 Å². The Bertz CT molecular complexity index is 4010. The SMILES string of the molecule is CCCCCC1CCC(c2ccc(C(=O)Nc3ccc(-c4ccc(N5C(=O)c6c(C(C)(C)c7ccccc7)cc7c(c6C5=O)-c5c(c6c(c8ccccc58)OC(c5ccccc5)(c5ccc(OC)cc5)C=C6)C7(C)C)cc4)cc3)cc2)CC1.[HH]. The van der Waals surface area contributed by atoms with Crippen LogP contribution in [0.4, 0.5) is 11.4 Å². The molecule has 9 aromatic carbocycles. The third kappa shape index (κ3) is 9.07. The summed E-state index contributed by atoms with van der Waals surface area (Å²) in [6.07, 6.45) is 14.8. The molecule has 0 radical (unpaired) electrons. The van der Waals surface area contributed by atoms with Gasteiger partial charge in [-0.3, -0.25) is 14.4 Å².